The molecule has 0 aliphatic carbocycles. The van der Waals surface area contributed by atoms with Gasteiger partial charge in [0.2, 0.25) is 0 Å². The zero-order valence-electron chi connectivity index (χ0n) is 7.88. The van der Waals surface area contributed by atoms with Gasteiger partial charge in [-0.3, -0.25) is 5.84 Å². The molecule has 0 saturated carbocycles. The Labute approximate surface area is 86.8 Å². The summed E-state index contributed by atoms with van der Waals surface area (Å²) >= 11 is 3.41. The average Bonchev–Trinajstić information content (AvgIpc) is 2.47. The number of hydrazine groups is 1. The summed E-state index contributed by atoms with van der Waals surface area (Å²) < 4.78 is 6.30. The van der Waals surface area contributed by atoms with Gasteiger partial charge in [0.25, 0.3) is 0 Å². The van der Waals surface area contributed by atoms with Gasteiger partial charge in [0.05, 0.1) is 16.8 Å². The van der Waals surface area contributed by atoms with Crippen molar-refractivity contribution in [1.29, 1.82) is 0 Å². The SMILES string of the molecule is CC(C)CC(NN)c1occc1Br. The molecule has 13 heavy (non-hydrogen) atoms. The van der Waals surface area contributed by atoms with Gasteiger partial charge >= 0.3 is 0 Å². The Morgan fingerprint density at radius 3 is 2.69 bits per heavy atom. The van der Waals surface area contributed by atoms with Crippen LogP contribution < -0.4 is 11.3 Å². The first kappa shape index (κ1) is 10.8. The van der Waals surface area contributed by atoms with Crippen LogP contribution >= 0.6 is 15.9 Å². The maximum absolute atomic E-state index is 5.45. The van der Waals surface area contributed by atoms with Crippen molar-refractivity contribution in [2.75, 3.05) is 0 Å². The van der Waals surface area contributed by atoms with Crippen molar-refractivity contribution in [2.24, 2.45) is 11.8 Å². The van der Waals surface area contributed by atoms with Crippen molar-refractivity contribution in [3.05, 3.63) is 22.6 Å². The number of nitrogens with two attached hydrogens (primary N) is 1. The molecule has 0 aliphatic heterocycles. The van der Waals surface area contributed by atoms with Crippen molar-refractivity contribution in [3.63, 3.8) is 0 Å². The minimum Gasteiger partial charge on any atom is -0.466 e. The molecule has 0 aliphatic rings. The van der Waals surface area contributed by atoms with Crippen LogP contribution in [0.25, 0.3) is 0 Å². The molecule has 3 N–H and O–H groups in total. The van der Waals surface area contributed by atoms with Crippen LogP contribution in [0.5, 0.6) is 0 Å². The van der Waals surface area contributed by atoms with Crippen LogP contribution in [0.2, 0.25) is 0 Å². The Kier molecular flexibility index (Phi) is 3.96. The summed E-state index contributed by atoms with van der Waals surface area (Å²) in [4.78, 5) is 0. The molecule has 0 bridgehead atoms. The van der Waals surface area contributed by atoms with E-state index in [1.807, 2.05) is 6.07 Å². The standard InChI is InChI=1S/C9H15BrN2O/c1-6(2)5-8(12-11)9-7(10)3-4-13-9/h3-4,6,8,12H,5,11H2,1-2H3. The van der Waals surface area contributed by atoms with Gasteiger partial charge in [-0.05, 0) is 34.3 Å². The van der Waals surface area contributed by atoms with Crippen LogP contribution in [0.1, 0.15) is 32.1 Å². The first-order chi connectivity index (χ1) is 6.15. The number of rotatable bonds is 4. The Hall–Kier alpha value is -0.320. The zero-order chi connectivity index (χ0) is 9.84. The molecule has 0 spiro atoms. The van der Waals surface area contributed by atoms with Crippen LogP contribution in [-0.2, 0) is 0 Å². The van der Waals surface area contributed by atoms with Gasteiger partial charge in [0.1, 0.15) is 5.76 Å². The number of hydrogen-bond acceptors (Lipinski definition) is 3. The van der Waals surface area contributed by atoms with Gasteiger partial charge in [-0.15, -0.1) is 0 Å². The lowest BCUT2D eigenvalue weighted by Gasteiger charge is -2.15. The molecular weight excluding hydrogens is 232 g/mol. The van der Waals surface area contributed by atoms with E-state index in [2.05, 4.69) is 35.2 Å². The second-order valence-electron chi connectivity index (χ2n) is 3.48. The molecule has 0 saturated heterocycles. The number of furan rings is 1. The van der Waals surface area contributed by atoms with E-state index in [-0.39, 0.29) is 6.04 Å². The van der Waals surface area contributed by atoms with Crippen LogP contribution in [0, 0.1) is 5.92 Å². The Balaban J connectivity index is 2.72. The number of hydrogen-bond donors (Lipinski definition) is 2. The topological polar surface area (TPSA) is 51.2 Å². The van der Waals surface area contributed by atoms with Crippen molar-refractivity contribution < 1.29 is 4.42 Å². The molecule has 1 aromatic rings. The molecule has 1 rings (SSSR count). The van der Waals surface area contributed by atoms with Gasteiger partial charge in [-0.1, -0.05) is 13.8 Å². The van der Waals surface area contributed by atoms with Crippen LogP contribution in [0.3, 0.4) is 0 Å². The second kappa shape index (κ2) is 4.79. The fraction of sp³-hybridized carbons (Fsp3) is 0.556. The third kappa shape index (κ3) is 2.83. The molecule has 4 heteroatoms. The number of nitrogens with one attached hydrogen (secondary N) is 1. The van der Waals surface area contributed by atoms with E-state index in [4.69, 9.17) is 10.3 Å². The van der Waals surface area contributed by atoms with Crippen molar-refractivity contribution in [1.82, 2.24) is 5.43 Å². The minimum atomic E-state index is 0.0874. The Bertz CT molecular complexity index is 260. The highest BCUT2D eigenvalue weighted by Crippen LogP contribution is 2.28. The Morgan fingerprint density at radius 1 is 1.62 bits per heavy atom. The third-order valence-electron chi connectivity index (χ3n) is 1.87. The predicted octanol–water partition coefficient (Wildman–Crippen LogP) is 2.59. The highest BCUT2D eigenvalue weighted by molar-refractivity contribution is 9.10. The van der Waals surface area contributed by atoms with Crippen LogP contribution in [0.4, 0.5) is 0 Å². The van der Waals surface area contributed by atoms with E-state index in [0.29, 0.717) is 5.92 Å². The fourth-order valence-corrected chi connectivity index (χ4v) is 1.75. The van der Waals surface area contributed by atoms with Gasteiger partial charge in [-0.2, -0.15) is 0 Å². The minimum absolute atomic E-state index is 0.0874. The molecule has 0 aromatic carbocycles. The first-order valence-corrected chi connectivity index (χ1v) is 5.13. The summed E-state index contributed by atoms with van der Waals surface area (Å²) in [6, 6.07) is 1.96. The first-order valence-electron chi connectivity index (χ1n) is 4.34. The molecule has 0 amide bonds. The fourth-order valence-electron chi connectivity index (χ4n) is 1.28. The monoisotopic (exact) mass is 246 g/mol. The van der Waals surface area contributed by atoms with Crippen molar-refractivity contribution in [3.8, 4) is 0 Å². The largest absolute Gasteiger partial charge is 0.466 e. The molecule has 1 heterocycles. The third-order valence-corrected chi connectivity index (χ3v) is 2.52. The maximum atomic E-state index is 5.45. The lowest BCUT2D eigenvalue weighted by Crippen LogP contribution is -2.28. The molecule has 3 nitrogen and oxygen atoms in total. The summed E-state index contributed by atoms with van der Waals surface area (Å²) in [5, 5.41) is 0. The van der Waals surface area contributed by atoms with Crippen LogP contribution in [0.15, 0.2) is 21.2 Å². The van der Waals surface area contributed by atoms with Crippen molar-refractivity contribution >= 4 is 15.9 Å². The average molecular weight is 247 g/mol. The van der Waals surface area contributed by atoms with Crippen LogP contribution in [-0.4, -0.2) is 0 Å². The molecule has 74 valence electrons. The van der Waals surface area contributed by atoms with Crippen molar-refractivity contribution in [2.45, 2.75) is 26.3 Å². The molecule has 0 radical (unpaired) electrons. The summed E-state index contributed by atoms with van der Waals surface area (Å²) in [5.74, 6) is 6.90. The lowest BCUT2D eigenvalue weighted by atomic mass is 10.0. The van der Waals surface area contributed by atoms with E-state index in [1.165, 1.54) is 0 Å². The maximum Gasteiger partial charge on any atom is 0.136 e. The Morgan fingerprint density at radius 2 is 2.31 bits per heavy atom. The highest BCUT2D eigenvalue weighted by atomic mass is 79.9. The normalized spacial score (nSPS) is 13.6. The van der Waals surface area contributed by atoms with E-state index >= 15 is 0 Å². The molecular formula is C9H15BrN2O. The lowest BCUT2D eigenvalue weighted by molar-refractivity contribution is 0.363. The molecule has 0 fully saturated rings. The number of halogens is 1. The van der Waals surface area contributed by atoms with E-state index in [0.717, 1.165) is 16.7 Å². The molecule has 1 aromatic heterocycles. The highest BCUT2D eigenvalue weighted by Gasteiger charge is 2.17. The van der Waals surface area contributed by atoms with E-state index < -0.39 is 0 Å². The van der Waals surface area contributed by atoms with E-state index in [1.54, 1.807) is 6.26 Å². The predicted molar refractivity (Wildman–Crippen MR) is 55.9 cm³/mol. The molecule has 1 atom stereocenters. The summed E-state index contributed by atoms with van der Waals surface area (Å²) in [5.41, 5.74) is 2.75. The molecule has 1 unspecified atom stereocenters. The summed E-state index contributed by atoms with van der Waals surface area (Å²) in [6.07, 6.45) is 2.62. The second-order valence-corrected chi connectivity index (χ2v) is 4.34. The smallest absolute Gasteiger partial charge is 0.136 e. The summed E-state index contributed by atoms with van der Waals surface area (Å²) in [6.45, 7) is 4.31. The van der Waals surface area contributed by atoms with Gasteiger partial charge in [-0.25, -0.2) is 5.43 Å². The van der Waals surface area contributed by atoms with Gasteiger partial charge in [0, 0.05) is 0 Å². The zero-order valence-corrected chi connectivity index (χ0v) is 9.47. The van der Waals surface area contributed by atoms with Gasteiger partial charge in [0.15, 0.2) is 0 Å². The van der Waals surface area contributed by atoms with Gasteiger partial charge < -0.3 is 4.42 Å². The van der Waals surface area contributed by atoms with E-state index in [9.17, 15) is 0 Å². The summed E-state index contributed by atoms with van der Waals surface area (Å²) in [7, 11) is 0. The quantitative estimate of drug-likeness (QED) is 0.635.